The van der Waals surface area contributed by atoms with Gasteiger partial charge in [0.1, 0.15) is 0 Å². The van der Waals surface area contributed by atoms with E-state index in [0.29, 0.717) is 12.1 Å². The third-order valence-electron chi connectivity index (χ3n) is 3.02. The van der Waals surface area contributed by atoms with Crippen LogP contribution in [-0.2, 0) is 4.43 Å². The first-order valence-corrected chi connectivity index (χ1v) is 7.97. The molecule has 1 aliphatic heterocycles. The van der Waals surface area contributed by atoms with Gasteiger partial charge in [-0.15, -0.1) is 0 Å². The molecule has 4 heteroatoms. The molecule has 0 radical (unpaired) electrons. The molecule has 1 heterocycles. The number of rotatable bonds is 5. The SMILES string of the molecule is CCC(N)C[SiH]1CCCC(CCN)O1. The molecule has 0 aromatic carbocycles. The molecule has 0 aliphatic carbocycles. The van der Waals surface area contributed by atoms with Crippen molar-refractivity contribution in [2.45, 2.75) is 56.8 Å². The Morgan fingerprint density at radius 2 is 2.36 bits per heavy atom. The van der Waals surface area contributed by atoms with Crippen LogP contribution in [0.15, 0.2) is 0 Å². The Morgan fingerprint density at radius 1 is 1.57 bits per heavy atom. The lowest BCUT2D eigenvalue weighted by molar-refractivity contribution is 0.161. The van der Waals surface area contributed by atoms with E-state index in [4.69, 9.17) is 15.9 Å². The van der Waals surface area contributed by atoms with Crippen LogP contribution in [0.1, 0.15) is 32.6 Å². The Bertz CT molecular complexity index is 155. The molecule has 3 nitrogen and oxygen atoms in total. The van der Waals surface area contributed by atoms with Gasteiger partial charge >= 0.3 is 0 Å². The molecular formula is C10H24N2OSi. The molecule has 0 amide bonds. The van der Waals surface area contributed by atoms with E-state index >= 15 is 0 Å². The van der Waals surface area contributed by atoms with E-state index in [1.165, 1.54) is 18.9 Å². The van der Waals surface area contributed by atoms with Crippen LogP contribution in [0.25, 0.3) is 0 Å². The van der Waals surface area contributed by atoms with Crippen LogP contribution < -0.4 is 11.5 Å². The maximum absolute atomic E-state index is 6.08. The van der Waals surface area contributed by atoms with Gasteiger partial charge in [-0.25, -0.2) is 0 Å². The second-order valence-corrected chi connectivity index (χ2v) is 6.86. The van der Waals surface area contributed by atoms with Crippen molar-refractivity contribution in [3.8, 4) is 0 Å². The number of nitrogens with two attached hydrogens (primary N) is 2. The zero-order valence-electron chi connectivity index (χ0n) is 9.24. The van der Waals surface area contributed by atoms with Crippen LogP contribution in [0, 0.1) is 0 Å². The van der Waals surface area contributed by atoms with Gasteiger partial charge in [-0.2, -0.15) is 0 Å². The maximum Gasteiger partial charge on any atom is 0.178 e. The third kappa shape index (κ3) is 4.08. The molecule has 0 aromatic heterocycles. The van der Waals surface area contributed by atoms with Crippen molar-refractivity contribution in [1.82, 2.24) is 0 Å². The summed E-state index contributed by atoms with van der Waals surface area (Å²) in [4.78, 5) is 0. The predicted molar refractivity (Wildman–Crippen MR) is 62.8 cm³/mol. The van der Waals surface area contributed by atoms with Crippen LogP contribution in [0.3, 0.4) is 0 Å². The van der Waals surface area contributed by atoms with Crippen molar-refractivity contribution in [2.75, 3.05) is 6.54 Å². The first kappa shape index (κ1) is 12.2. The highest BCUT2D eigenvalue weighted by molar-refractivity contribution is 6.52. The van der Waals surface area contributed by atoms with Crippen molar-refractivity contribution in [2.24, 2.45) is 11.5 Å². The molecule has 1 aliphatic rings. The van der Waals surface area contributed by atoms with E-state index in [-0.39, 0.29) is 0 Å². The molecule has 3 unspecified atom stereocenters. The summed E-state index contributed by atoms with van der Waals surface area (Å²) in [5, 5.41) is 0. The average molecular weight is 216 g/mol. The zero-order valence-corrected chi connectivity index (χ0v) is 10.4. The van der Waals surface area contributed by atoms with Gasteiger partial charge in [0.2, 0.25) is 0 Å². The standard InChI is InChI=1S/C10H24N2OSi/c1-2-9(12)8-14-7-3-4-10(13-14)5-6-11/h9-10,14H,2-8,11-12H2,1H3. The summed E-state index contributed by atoms with van der Waals surface area (Å²) in [6.45, 7) is 2.91. The first-order valence-electron chi connectivity index (χ1n) is 5.87. The minimum Gasteiger partial charge on any atom is -0.417 e. The van der Waals surface area contributed by atoms with Crippen molar-refractivity contribution in [3.63, 3.8) is 0 Å². The molecule has 1 rings (SSSR count). The minimum atomic E-state index is -0.972. The Morgan fingerprint density at radius 3 is 3.00 bits per heavy atom. The molecule has 0 spiro atoms. The highest BCUT2D eigenvalue weighted by Gasteiger charge is 2.24. The maximum atomic E-state index is 6.08. The molecule has 0 aromatic rings. The van der Waals surface area contributed by atoms with E-state index in [1.54, 1.807) is 0 Å². The minimum absolute atomic E-state index is 0.364. The van der Waals surface area contributed by atoms with Gasteiger partial charge in [-0.1, -0.05) is 13.3 Å². The Hall–Kier alpha value is 0.0969. The van der Waals surface area contributed by atoms with Gasteiger partial charge in [-0.05, 0) is 37.9 Å². The summed E-state index contributed by atoms with van der Waals surface area (Å²) in [6.07, 6.45) is 5.11. The predicted octanol–water partition coefficient (Wildman–Crippen LogP) is 0.975. The normalized spacial score (nSPS) is 30.2. The van der Waals surface area contributed by atoms with Crippen molar-refractivity contribution < 1.29 is 4.43 Å². The van der Waals surface area contributed by atoms with Crippen LogP contribution in [-0.4, -0.2) is 27.7 Å². The molecule has 0 saturated carbocycles. The fourth-order valence-electron chi connectivity index (χ4n) is 2.06. The monoisotopic (exact) mass is 216 g/mol. The molecule has 14 heavy (non-hydrogen) atoms. The summed E-state index contributed by atoms with van der Waals surface area (Å²) in [7, 11) is -0.972. The average Bonchev–Trinajstić information content (AvgIpc) is 2.19. The van der Waals surface area contributed by atoms with Crippen LogP contribution >= 0.6 is 0 Å². The molecule has 84 valence electrons. The van der Waals surface area contributed by atoms with Crippen LogP contribution in [0.5, 0.6) is 0 Å². The van der Waals surface area contributed by atoms with Crippen molar-refractivity contribution in [1.29, 1.82) is 0 Å². The fraction of sp³-hybridized carbons (Fsp3) is 1.00. The summed E-state index contributed by atoms with van der Waals surface area (Å²) in [5.74, 6) is 0. The lowest BCUT2D eigenvalue weighted by Crippen LogP contribution is -2.36. The van der Waals surface area contributed by atoms with Crippen molar-refractivity contribution in [3.05, 3.63) is 0 Å². The second kappa shape index (κ2) is 6.56. The Labute approximate surface area is 88.9 Å². The molecule has 4 N–H and O–H groups in total. The van der Waals surface area contributed by atoms with Crippen molar-refractivity contribution >= 4 is 9.04 Å². The Kier molecular flexibility index (Phi) is 5.70. The van der Waals surface area contributed by atoms with E-state index in [9.17, 15) is 0 Å². The van der Waals surface area contributed by atoms with Gasteiger partial charge in [0.15, 0.2) is 9.04 Å². The van der Waals surface area contributed by atoms with Crippen LogP contribution in [0.2, 0.25) is 12.1 Å². The summed E-state index contributed by atoms with van der Waals surface area (Å²) in [5.41, 5.74) is 11.5. The number of hydrogen-bond acceptors (Lipinski definition) is 3. The van der Waals surface area contributed by atoms with E-state index in [1.807, 2.05) is 0 Å². The largest absolute Gasteiger partial charge is 0.417 e. The topological polar surface area (TPSA) is 61.3 Å². The zero-order chi connectivity index (χ0) is 10.4. The summed E-state index contributed by atoms with van der Waals surface area (Å²) in [6, 6.07) is 2.83. The second-order valence-electron chi connectivity index (χ2n) is 4.29. The van der Waals surface area contributed by atoms with Gasteiger partial charge in [0.25, 0.3) is 0 Å². The molecule has 1 fully saturated rings. The lowest BCUT2D eigenvalue weighted by Gasteiger charge is -2.30. The lowest BCUT2D eigenvalue weighted by atomic mass is 10.1. The van der Waals surface area contributed by atoms with Crippen LogP contribution in [0.4, 0.5) is 0 Å². The van der Waals surface area contributed by atoms with E-state index in [0.717, 1.165) is 25.4 Å². The number of hydrogen-bond donors (Lipinski definition) is 2. The third-order valence-corrected chi connectivity index (χ3v) is 5.97. The van der Waals surface area contributed by atoms with Gasteiger partial charge in [-0.3, -0.25) is 0 Å². The fourth-order valence-corrected chi connectivity index (χ4v) is 5.06. The van der Waals surface area contributed by atoms with Gasteiger partial charge in [0.05, 0.1) is 0 Å². The Balaban J connectivity index is 2.25. The van der Waals surface area contributed by atoms with Gasteiger partial charge < -0.3 is 15.9 Å². The molecule has 1 saturated heterocycles. The molecule has 3 atom stereocenters. The molecule has 0 bridgehead atoms. The van der Waals surface area contributed by atoms with E-state index < -0.39 is 9.04 Å². The van der Waals surface area contributed by atoms with E-state index in [2.05, 4.69) is 6.92 Å². The van der Waals surface area contributed by atoms with Gasteiger partial charge in [0, 0.05) is 12.1 Å². The smallest absolute Gasteiger partial charge is 0.178 e. The molecular weight excluding hydrogens is 192 g/mol. The highest BCUT2D eigenvalue weighted by Crippen LogP contribution is 2.22. The summed E-state index contributed by atoms with van der Waals surface area (Å²) >= 11 is 0. The quantitative estimate of drug-likeness (QED) is 0.673. The first-order chi connectivity index (χ1) is 6.76. The highest BCUT2D eigenvalue weighted by atomic mass is 28.3. The summed E-state index contributed by atoms with van der Waals surface area (Å²) < 4.78 is 6.08.